The van der Waals surface area contributed by atoms with Gasteiger partial charge in [-0.05, 0) is 53.5 Å². The maximum Gasteiger partial charge on any atom is 0.410 e. The highest BCUT2D eigenvalue weighted by Gasteiger charge is 2.52. The molecule has 2 atom stereocenters. The first kappa shape index (κ1) is 17.6. The second kappa shape index (κ2) is 5.73. The Kier molecular flexibility index (Phi) is 4.39. The normalized spacial score (nSPS) is 24.7. The van der Waals surface area contributed by atoms with Crippen LogP contribution in [0.2, 0.25) is 0 Å². The molecule has 0 N–H and O–H groups in total. The molecule has 2 fully saturated rings. The molecule has 2 amide bonds. The lowest BCUT2D eigenvalue weighted by atomic mass is 10.2. The minimum Gasteiger partial charge on any atom is -0.444 e. The fourth-order valence-corrected chi connectivity index (χ4v) is 2.65. The van der Waals surface area contributed by atoms with Crippen LogP contribution in [0.1, 0.15) is 48.0 Å². The average Bonchev–Trinajstić information content (AvgIpc) is 3.07. The number of carbonyl (C=O) groups is 2. The van der Waals surface area contributed by atoms with Gasteiger partial charge in [0.05, 0.1) is 12.1 Å². The number of hydrogen-bond donors (Lipinski definition) is 0. The zero-order valence-electron chi connectivity index (χ0n) is 15.0. The van der Waals surface area contributed by atoms with Gasteiger partial charge in [0.25, 0.3) is 0 Å². The van der Waals surface area contributed by atoms with Crippen molar-refractivity contribution in [3.05, 3.63) is 12.2 Å². The SMILES string of the molecule is C=C1CN(C(=O)OC(C)(C)C)[C@@H]2C[C@@H]2N(C(=O)OC(C)(C)C)C1. The van der Waals surface area contributed by atoms with Crippen molar-refractivity contribution < 1.29 is 19.1 Å². The molecule has 1 heterocycles. The fourth-order valence-electron chi connectivity index (χ4n) is 2.65. The number of fused-ring (bicyclic) bond motifs is 1. The standard InChI is InChI=1S/C17H28N2O4/c1-11-9-18(14(20)22-16(2,3)4)12-8-13(12)19(10-11)15(21)23-17(5,6)7/h12-13H,1,8-10H2,2-7H3/t12-,13+. The van der Waals surface area contributed by atoms with Gasteiger partial charge in [-0.25, -0.2) is 9.59 Å². The summed E-state index contributed by atoms with van der Waals surface area (Å²) in [5.41, 5.74) is -0.283. The molecular weight excluding hydrogens is 296 g/mol. The van der Waals surface area contributed by atoms with Crippen molar-refractivity contribution in [1.29, 1.82) is 0 Å². The molecule has 130 valence electrons. The van der Waals surface area contributed by atoms with E-state index in [0.717, 1.165) is 12.0 Å². The van der Waals surface area contributed by atoms with Gasteiger partial charge in [-0.2, -0.15) is 0 Å². The first-order valence-corrected chi connectivity index (χ1v) is 8.03. The van der Waals surface area contributed by atoms with Crippen molar-refractivity contribution in [1.82, 2.24) is 9.80 Å². The van der Waals surface area contributed by atoms with Crippen molar-refractivity contribution in [2.75, 3.05) is 13.1 Å². The summed E-state index contributed by atoms with van der Waals surface area (Å²) in [5.74, 6) is 0. The molecule has 1 saturated heterocycles. The van der Waals surface area contributed by atoms with Crippen molar-refractivity contribution in [2.24, 2.45) is 0 Å². The number of rotatable bonds is 0. The van der Waals surface area contributed by atoms with Gasteiger partial charge >= 0.3 is 12.2 Å². The van der Waals surface area contributed by atoms with Crippen LogP contribution in [0, 0.1) is 0 Å². The number of nitrogens with zero attached hydrogens (tertiary/aromatic N) is 2. The van der Waals surface area contributed by atoms with Crippen LogP contribution >= 0.6 is 0 Å². The van der Waals surface area contributed by atoms with Crippen molar-refractivity contribution in [3.63, 3.8) is 0 Å². The molecule has 0 radical (unpaired) electrons. The molecule has 0 spiro atoms. The van der Waals surface area contributed by atoms with Gasteiger partial charge in [0, 0.05) is 13.1 Å². The molecule has 0 unspecified atom stereocenters. The minimum absolute atomic E-state index is 0.0170. The Balaban J connectivity index is 2.08. The van der Waals surface area contributed by atoms with E-state index in [1.165, 1.54) is 0 Å². The maximum absolute atomic E-state index is 12.4. The number of carbonyl (C=O) groups excluding carboxylic acids is 2. The molecular formula is C17H28N2O4. The molecule has 2 aliphatic rings. The zero-order valence-corrected chi connectivity index (χ0v) is 15.0. The molecule has 1 aliphatic carbocycles. The molecule has 6 nitrogen and oxygen atoms in total. The van der Waals surface area contributed by atoms with Crippen LogP contribution in [0.5, 0.6) is 0 Å². The Hall–Kier alpha value is -1.72. The summed E-state index contributed by atoms with van der Waals surface area (Å²) in [6.45, 7) is 15.9. The van der Waals surface area contributed by atoms with Crippen molar-refractivity contribution in [3.8, 4) is 0 Å². The average molecular weight is 324 g/mol. The van der Waals surface area contributed by atoms with Crippen molar-refractivity contribution in [2.45, 2.75) is 71.2 Å². The van der Waals surface area contributed by atoms with E-state index in [0.29, 0.717) is 13.1 Å². The van der Waals surface area contributed by atoms with E-state index in [1.807, 2.05) is 41.5 Å². The van der Waals surface area contributed by atoms with Gasteiger partial charge < -0.3 is 9.47 Å². The van der Waals surface area contributed by atoms with Gasteiger partial charge in [0.1, 0.15) is 11.2 Å². The van der Waals surface area contributed by atoms with E-state index < -0.39 is 11.2 Å². The summed E-state index contributed by atoms with van der Waals surface area (Å²) in [6, 6.07) is -0.0340. The number of hydrogen-bond acceptors (Lipinski definition) is 4. The summed E-state index contributed by atoms with van der Waals surface area (Å²) in [4.78, 5) is 28.1. The quantitative estimate of drug-likeness (QED) is 0.642. The fraction of sp³-hybridized carbons (Fsp3) is 0.765. The van der Waals surface area contributed by atoms with Gasteiger partial charge in [-0.1, -0.05) is 6.58 Å². The van der Waals surface area contributed by atoms with Gasteiger partial charge in [0.2, 0.25) is 0 Å². The van der Waals surface area contributed by atoms with Gasteiger partial charge in [-0.15, -0.1) is 0 Å². The zero-order chi connectivity index (χ0) is 17.6. The Morgan fingerprint density at radius 1 is 0.913 bits per heavy atom. The van der Waals surface area contributed by atoms with Gasteiger partial charge in [0.15, 0.2) is 0 Å². The highest BCUT2D eigenvalue weighted by atomic mass is 16.6. The summed E-state index contributed by atoms with van der Waals surface area (Å²) >= 11 is 0. The molecule has 1 aliphatic heterocycles. The molecule has 1 saturated carbocycles. The molecule has 23 heavy (non-hydrogen) atoms. The Bertz CT molecular complexity index is 472. The lowest BCUT2D eigenvalue weighted by Crippen LogP contribution is -2.41. The van der Waals surface area contributed by atoms with Crippen LogP contribution < -0.4 is 0 Å². The number of ether oxygens (including phenoxy) is 2. The lowest BCUT2D eigenvalue weighted by molar-refractivity contribution is 0.0194. The molecule has 0 aromatic carbocycles. The van der Waals surface area contributed by atoms with Gasteiger partial charge in [-0.3, -0.25) is 9.80 Å². The van der Waals surface area contributed by atoms with Crippen LogP contribution in [-0.2, 0) is 9.47 Å². The van der Waals surface area contributed by atoms with Crippen LogP contribution in [0.15, 0.2) is 12.2 Å². The van der Waals surface area contributed by atoms with E-state index in [9.17, 15) is 9.59 Å². The first-order valence-electron chi connectivity index (χ1n) is 8.03. The van der Waals surface area contributed by atoms with Crippen LogP contribution in [0.3, 0.4) is 0 Å². The third-order valence-electron chi connectivity index (χ3n) is 3.57. The number of amides is 2. The topological polar surface area (TPSA) is 59.1 Å². The lowest BCUT2D eigenvalue weighted by Gasteiger charge is -2.27. The van der Waals surface area contributed by atoms with E-state index >= 15 is 0 Å². The first-order chi connectivity index (χ1) is 10.4. The molecule has 6 heteroatoms. The highest BCUT2D eigenvalue weighted by molar-refractivity contribution is 5.73. The summed E-state index contributed by atoms with van der Waals surface area (Å²) < 4.78 is 10.9. The third-order valence-corrected chi connectivity index (χ3v) is 3.57. The minimum atomic E-state index is -0.542. The van der Waals surface area contributed by atoms with E-state index in [1.54, 1.807) is 9.80 Å². The Labute approximate surface area is 138 Å². The Morgan fingerprint density at radius 3 is 1.57 bits per heavy atom. The highest BCUT2D eigenvalue weighted by Crippen LogP contribution is 2.38. The molecule has 0 aromatic rings. The van der Waals surface area contributed by atoms with Crippen molar-refractivity contribution >= 4 is 12.2 Å². The van der Waals surface area contributed by atoms with Crippen LogP contribution in [0.4, 0.5) is 9.59 Å². The second-order valence-corrected chi connectivity index (χ2v) is 8.34. The third kappa shape index (κ3) is 4.62. The summed E-state index contributed by atoms with van der Waals surface area (Å²) in [5, 5.41) is 0. The molecule has 2 rings (SSSR count). The van der Waals surface area contributed by atoms with E-state index in [2.05, 4.69) is 6.58 Å². The molecule has 0 bridgehead atoms. The smallest absolute Gasteiger partial charge is 0.410 e. The summed E-state index contributed by atoms with van der Waals surface area (Å²) in [6.07, 6.45) is 0.0561. The van der Waals surface area contributed by atoms with Crippen LogP contribution in [-0.4, -0.2) is 58.4 Å². The predicted octanol–water partition coefficient (Wildman–Crippen LogP) is 3.17. The largest absolute Gasteiger partial charge is 0.444 e. The predicted molar refractivity (Wildman–Crippen MR) is 87.2 cm³/mol. The maximum atomic E-state index is 12.4. The van der Waals surface area contributed by atoms with Crippen LogP contribution in [0.25, 0.3) is 0 Å². The molecule has 0 aromatic heterocycles. The summed E-state index contributed by atoms with van der Waals surface area (Å²) in [7, 11) is 0. The monoisotopic (exact) mass is 324 g/mol. The van der Waals surface area contributed by atoms with E-state index in [4.69, 9.17) is 9.47 Å². The Morgan fingerprint density at radius 2 is 1.26 bits per heavy atom. The van der Waals surface area contributed by atoms with E-state index in [-0.39, 0.29) is 24.3 Å². The second-order valence-electron chi connectivity index (χ2n) is 8.34.